The van der Waals surface area contributed by atoms with E-state index in [2.05, 4.69) is 153 Å². The van der Waals surface area contributed by atoms with Gasteiger partial charge in [-0.1, -0.05) is 159 Å². The molecule has 1 aliphatic carbocycles. The van der Waals surface area contributed by atoms with Gasteiger partial charge in [0.25, 0.3) is 0 Å². The monoisotopic (exact) mass is 755 g/mol. The third-order valence-electron chi connectivity index (χ3n) is 11.8. The molecule has 7 aromatic carbocycles. The Morgan fingerprint density at radius 2 is 0.881 bits per heavy atom. The molecule has 10 aromatic rings. The lowest BCUT2D eigenvalue weighted by molar-refractivity contribution is 0.660. The van der Waals surface area contributed by atoms with E-state index in [1.165, 1.54) is 22.3 Å². The van der Waals surface area contributed by atoms with Crippen LogP contribution in [-0.4, -0.2) is 24.9 Å². The van der Waals surface area contributed by atoms with Crippen LogP contribution in [0.1, 0.15) is 25.0 Å². The van der Waals surface area contributed by atoms with Gasteiger partial charge in [-0.3, -0.25) is 4.98 Å². The third kappa shape index (κ3) is 6.07. The van der Waals surface area contributed by atoms with Crippen LogP contribution in [0.25, 0.3) is 101 Å². The lowest BCUT2D eigenvalue weighted by Crippen LogP contribution is -2.14. The van der Waals surface area contributed by atoms with Crippen LogP contribution < -0.4 is 0 Å². The van der Waals surface area contributed by atoms with Crippen molar-refractivity contribution in [3.05, 3.63) is 199 Å². The molecule has 0 radical (unpaired) electrons. The molecule has 0 fully saturated rings. The van der Waals surface area contributed by atoms with E-state index in [9.17, 15) is 0 Å². The van der Waals surface area contributed by atoms with E-state index in [0.717, 1.165) is 72.0 Å². The zero-order valence-corrected chi connectivity index (χ0v) is 32.6. The lowest BCUT2D eigenvalue weighted by atomic mass is 9.82. The van der Waals surface area contributed by atoms with Crippen molar-refractivity contribution < 1.29 is 0 Å². The van der Waals surface area contributed by atoms with Gasteiger partial charge in [0, 0.05) is 44.6 Å². The number of fused-ring (bicyclic) bond motifs is 6. The minimum absolute atomic E-state index is 0.0856. The standard InChI is InChI=1S/C54H37N5/c1-54(2)46-18-10-9-17-44(46)45-33-40(25-27-47(45)54)41-30-42(48-28-26-37-22-21-36-16-11-29-55-49(36)50(37)56-48)32-43(31-41)53-58-51(38-14-7-4-8-15-38)57-52(59-53)39-23-19-35(20-24-39)34-12-5-3-6-13-34/h3-33H,1-2H3. The Labute approximate surface area is 342 Å². The van der Waals surface area contributed by atoms with E-state index in [1.54, 1.807) is 0 Å². The minimum atomic E-state index is -0.0856. The first-order valence-corrected chi connectivity index (χ1v) is 20.0. The molecule has 5 heteroatoms. The predicted molar refractivity (Wildman–Crippen MR) is 241 cm³/mol. The Morgan fingerprint density at radius 3 is 1.64 bits per heavy atom. The molecule has 5 nitrogen and oxygen atoms in total. The molecule has 0 spiro atoms. The molecular weight excluding hydrogens is 719 g/mol. The maximum absolute atomic E-state index is 5.30. The lowest BCUT2D eigenvalue weighted by Gasteiger charge is -2.21. The van der Waals surface area contributed by atoms with Gasteiger partial charge >= 0.3 is 0 Å². The topological polar surface area (TPSA) is 64.5 Å². The highest BCUT2D eigenvalue weighted by Crippen LogP contribution is 2.49. The van der Waals surface area contributed by atoms with Crippen LogP contribution in [0.2, 0.25) is 0 Å². The number of hydrogen-bond acceptors (Lipinski definition) is 5. The van der Waals surface area contributed by atoms with Gasteiger partial charge in [0.05, 0.1) is 16.7 Å². The fourth-order valence-corrected chi connectivity index (χ4v) is 8.65. The van der Waals surface area contributed by atoms with Crippen molar-refractivity contribution >= 4 is 21.8 Å². The molecule has 59 heavy (non-hydrogen) atoms. The molecule has 0 unspecified atom stereocenters. The summed E-state index contributed by atoms with van der Waals surface area (Å²) in [4.78, 5) is 25.5. The van der Waals surface area contributed by atoms with Crippen LogP contribution in [0.5, 0.6) is 0 Å². The molecule has 0 atom stereocenters. The first-order valence-electron chi connectivity index (χ1n) is 20.0. The van der Waals surface area contributed by atoms with Crippen molar-refractivity contribution in [3.8, 4) is 78.8 Å². The first-order chi connectivity index (χ1) is 29.0. The molecule has 11 rings (SSSR count). The number of rotatable bonds is 6. The first kappa shape index (κ1) is 34.6. The van der Waals surface area contributed by atoms with Crippen molar-refractivity contribution in [2.24, 2.45) is 0 Å². The van der Waals surface area contributed by atoms with Crippen LogP contribution in [0.3, 0.4) is 0 Å². The number of aromatic nitrogens is 5. The highest BCUT2D eigenvalue weighted by molar-refractivity contribution is 6.03. The van der Waals surface area contributed by atoms with Crippen LogP contribution in [0.15, 0.2) is 188 Å². The van der Waals surface area contributed by atoms with Crippen molar-refractivity contribution in [3.63, 3.8) is 0 Å². The summed E-state index contributed by atoms with van der Waals surface area (Å²) in [6.07, 6.45) is 1.83. The fraction of sp³-hybridized carbons (Fsp3) is 0.0556. The summed E-state index contributed by atoms with van der Waals surface area (Å²) in [5.41, 5.74) is 15.9. The van der Waals surface area contributed by atoms with Gasteiger partial charge in [-0.2, -0.15) is 0 Å². The molecule has 3 aromatic heterocycles. The molecule has 0 saturated heterocycles. The van der Waals surface area contributed by atoms with Gasteiger partial charge in [0.1, 0.15) is 0 Å². The fourth-order valence-electron chi connectivity index (χ4n) is 8.65. The van der Waals surface area contributed by atoms with Gasteiger partial charge in [-0.15, -0.1) is 0 Å². The quantitative estimate of drug-likeness (QED) is 0.158. The van der Waals surface area contributed by atoms with Gasteiger partial charge < -0.3 is 0 Å². The molecule has 0 saturated carbocycles. The van der Waals surface area contributed by atoms with E-state index in [0.29, 0.717) is 17.5 Å². The van der Waals surface area contributed by atoms with Gasteiger partial charge in [-0.25, -0.2) is 19.9 Å². The Morgan fingerprint density at radius 1 is 0.339 bits per heavy atom. The Kier molecular flexibility index (Phi) is 8.09. The number of benzene rings is 7. The molecule has 1 aliphatic rings. The maximum atomic E-state index is 5.30. The zero-order valence-electron chi connectivity index (χ0n) is 32.6. The van der Waals surface area contributed by atoms with Gasteiger partial charge in [0.15, 0.2) is 17.5 Å². The Balaban J connectivity index is 1.12. The zero-order chi connectivity index (χ0) is 39.5. The van der Waals surface area contributed by atoms with E-state index in [-0.39, 0.29) is 5.41 Å². The normalized spacial score (nSPS) is 12.7. The second-order valence-electron chi connectivity index (χ2n) is 15.8. The smallest absolute Gasteiger partial charge is 0.164 e. The van der Waals surface area contributed by atoms with Gasteiger partial charge in [0.2, 0.25) is 0 Å². The van der Waals surface area contributed by atoms with E-state index < -0.39 is 0 Å². The molecule has 0 bridgehead atoms. The van der Waals surface area contributed by atoms with Crippen molar-refractivity contribution in [2.75, 3.05) is 0 Å². The average molecular weight is 756 g/mol. The van der Waals surface area contributed by atoms with E-state index >= 15 is 0 Å². The molecule has 278 valence electrons. The summed E-state index contributed by atoms with van der Waals surface area (Å²) in [6.45, 7) is 4.63. The highest BCUT2D eigenvalue weighted by Gasteiger charge is 2.35. The summed E-state index contributed by atoms with van der Waals surface area (Å²) < 4.78 is 0. The predicted octanol–water partition coefficient (Wildman–Crippen LogP) is 13.3. The summed E-state index contributed by atoms with van der Waals surface area (Å²) in [7, 11) is 0. The maximum Gasteiger partial charge on any atom is 0.164 e. The van der Waals surface area contributed by atoms with Crippen molar-refractivity contribution in [1.29, 1.82) is 0 Å². The van der Waals surface area contributed by atoms with Crippen LogP contribution in [-0.2, 0) is 5.41 Å². The Bertz CT molecular complexity index is 3230. The van der Waals surface area contributed by atoms with Crippen molar-refractivity contribution in [2.45, 2.75) is 19.3 Å². The van der Waals surface area contributed by atoms with Crippen LogP contribution >= 0.6 is 0 Å². The largest absolute Gasteiger partial charge is 0.254 e. The van der Waals surface area contributed by atoms with Crippen LogP contribution in [0, 0.1) is 0 Å². The third-order valence-corrected chi connectivity index (χ3v) is 11.8. The Hall–Kier alpha value is -7.63. The second kappa shape index (κ2) is 13.8. The second-order valence-corrected chi connectivity index (χ2v) is 15.8. The van der Waals surface area contributed by atoms with E-state index in [1.807, 2.05) is 48.7 Å². The summed E-state index contributed by atoms with van der Waals surface area (Å²) in [5.74, 6) is 1.81. The van der Waals surface area contributed by atoms with Crippen molar-refractivity contribution in [1.82, 2.24) is 24.9 Å². The number of pyridine rings is 2. The highest BCUT2D eigenvalue weighted by atomic mass is 15.0. The summed E-state index contributed by atoms with van der Waals surface area (Å²) in [6, 6.07) is 63.8. The van der Waals surface area contributed by atoms with Gasteiger partial charge in [-0.05, 0) is 80.9 Å². The average Bonchev–Trinajstić information content (AvgIpc) is 3.54. The summed E-state index contributed by atoms with van der Waals surface area (Å²) >= 11 is 0. The number of nitrogens with zero attached hydrogens (tertiary/aromatic N) is 5. The summed E-state index contributed by atoms with van der Waals surface area (Å²) in [5, 5.41) is 2.10. The molecule has 0 aliphatic heterocycles. The van der Waals surface area contributed by atoms with E-state index in [4.69, 9.17) is 24.9 Å². The molecule has 0 N–H and O–H groups in total. The number of hydrogen-bond donors (Lipinski definition) is 0. The molecule has 0 amide bonds. The van der Waals surface area contributed by atoms with Crippen LogP contribution in [0.4, 0.5) is 0 Å². The molecular formula is C54H37N5. The SMILES string of the molecule is CC1(C)c2ccccc2-c2cc(-c3cc(-c4ccc5ccc6cccnc6c5n4)cc(-c4nc(-c5ccccc5)nc(-c5ccc(-c6ccccc6)cc5)n4)c3)ccc21. The minimum Gasteiger partial charge on any atom is -0.254 e. The molecule has 3 heterocycles.